The number of rotatable bonds is 4. The van der Waals surface area contributed by atoms with Crippen molar-refractivity contribution in [3.05, 3.63) is 35.4 Å². The molecule has 0 fully saturated rings. The molecule has 4 nitrogen and oxygen atoms in total. The Morgan fingerprint density at radius 1 is 1.31 bits per heavy atom. The number of nitrogens with one attached hydrogen (secondary N) is 1. The number of oxime groups is 1. The average Bonchev–Trinajstić information content (AvgIpc) is 2.28. The molecule has 0 heterocycles. The van der Waals surface area contributed by atoms with Gasteiger partial charge in [0.15, 0.2) is 5.84 Å². The Labute approximate surface area is 96.2 Å². The summed E-state index contributed by atoms with van der Waals surface area (Å²) >= 11 is 0. The van der Waals surface area contributed by atoms with Crippen LogP contribution in [-0.2, 0) is 0 Å². The molecule has 4 heteroatoms. The first kappa shape index (κ1) is 12.5. The maximum Gasteiger partial charge on any atom is 0.156 e. The summed E-state index contributed by atoms with van der Waals surface area (Å²) in [6.07, 6.45) is 0. The number of nitrogens with zero attached hydrogens (tertiary/aromatic N) is 1. The van der Waals surface area contributed by atoms with Crippen LogP contribution in [0.15, 0.2) is 29.4 Å². The second kappa shape index (κ2) is 5.51. The fourth-order valence-corrected chi connectivity index (χ4v) is 1.50. The van der Waals surface area contributed by atoms with Gasteiger partial charge in [0.1, 0.15) is 0 Å². The van der Waals surface area contributed by atoms with Crippen LogP contribution in [0.1, 0.15) is 31.0 Å². The Kier molecular flexibility index (Phi) is 4.31. The summed E-state index contributed by atoms with van der Waals surface area (Å²) in [5.74, 6) is 0.193. The average molecular weight is 221 g/mol. The molecular formula is C12H19N3O. The second-order valence-corrected chi connectivity index (χ2v) is 4.05. The predicted molar refractivity (Wildman–Crippen MR) is 65.6 cm³/mol. The van der Waals surface area contributed by atoms with Gasteiger partial charge in [0.05, 0.1) is 6.04 Å². The SMILES string of the molecule is Cc1ccc(C(C)NC(C)C(N)=NO)cc1. The Morgan fingerprint density at radius 3 is 2.38 bits per heavy atom. The van der Waals surface area contributed by atoms with Gasteiger partial charge in [-0.05, 0) is 26.3 Å². The van der Waals surface area contributed by atoms with Crippen LogP contribution in [-0.4, -0.2) is 17.1 Å². The van der Waals surface area contributed by atoms with Crippen molar-refractivity contribution in [1.29, 1.82) is 0 Å². The van der Waals surface area contributed by atoms with Crippen molar-refractivity contribution in [3.8, 4) is 0 Å². The van der Waals surface area contributed by atoms with Gasteiger partial charge in [0, 0.05) is 6.04 Å². The summed E-state index contributed by atoms with van der Waals surface area (Å²) in [5, 5.41) is 14.8. The predicted octanol–water partition coefficient (Wildman–Crippen LogP) is 1.78. The largest absolute Gasteiger partial charge is 0.409 e. The topological polar surface area (TPSA) is 70.6 Å². The van der Waals surface area contributed by atoms with Crippen LogP contribution < -0.4 is 11.1 Å². The van der Waals surface area contributed by atoms with Crippen molar-refractivity contribution in [3.63, 3.8) is 0 Å². The molecule has 88 valence electrons. The highest BCUT2D eigenvalue weighted by Crippen LogP contribution is 2.13. The van der Waals surface area contributed by atoms with Crippen LogP contribution in [0.2, 0.25) is 0 Å². The van der Waals surface area contributed by atoms with Crippen molar-refractivity contribution in [1.82, 2.24) is 5.32 Å². The highest BCUT2D eigenvalue weighted by molar-refractivity contribution is 5.84. The van der Waals surface area contributed by atoms with Gasteiger partial charge in [-0.2, -0.15) is 0 Å². The Hall–Kier alpha value is -1.55. The molecule has 2 unspecified atom stereocenters. The third kappa shape index (κ3) is 3.24. The smallest absolute Gasteiger partial charge is 0.156 e. The fourth-order valence-electron chi connectivity index (χ4n) is 1.50. The Balaban J connectivity index is 2.65. The molecule has 16 heavy (non-hydrogen) atoms. The molecule has 2 atom stereocenters. The van der Waals surface area contributed by atoms with Gasteiger partial charge in [-0.1, -0.05) is 35.0 Å². The van der Waals surface area contributed by atoms with Crippen LogP contribution in [0.25, 0.3) is 0 Å². The lowest BCUT2D eigenvalue weighted by molar-refractivity contribution is 0.314. The highest BCUT2D eigenvalue weighted by atomic mass is 16.4. The maximum atomic E-state index is 8.55. The van der Waals surface area contributed by atoms with E-state index in [1.807, 2.05) is 13.8 Å². The van der Waals surface area contributed by atoms with Gasteiger partial charge in [0.2, 0.25) is 0 Å². The second-order valence-electron chi connectivity index (χ2n) is 4.05. The van der Waals surface area contributed by atoms with Crippen molar-refractivity contribution in [2.45, 2.75) is 32.9 Å². The lowest BCUT2D eigenvalue weighted by atomic mass is 10.1. The van der Waals surface area contributed by atoms with Crippen LogP contribution in [0.5, 0.6) is 0 Å². The van der Waals surface area contributed by atoms with E-state index < -0.39 is 0 Å². The molecule has 0 aliphatic rings. The van der Waals surface area contributed by atoms with Crippen LogP contribution >= 0.6 is 0 Å². The highest BCUT2D eigenvalue weighted by Gasteiger charge is 2.12. The van der Waals surface area contributed by atoms with Crippen molar-refractivity contribution in [2.24, 2.45) is 10.9 Å². The lowest BCUT2D eigenvalue weighted by Gasteiger charge is -2.19. The fraction of sp³-hybridized carbons (Fsp3) is 0.417. The lowest BCUT2D eigenvalue weighted by Crippen LogP contribution is -2.40. The Bertz CT molecular complexity index is 359. The molecule has 1 aromatic rings. The van der Waals surface area contributed by atoms with Gasteiger partial charge in [-0.15, -0.1) is 0 Å². The summed E-state index contributed by atoms with van der Waals surface area (Å²) in [7, 11) is 0. The van der Waals surface area contributed by atoms with Gasteiger partial charge in [0.25, 0.3) is 0 Å². The number of nitrogens with two attached hydrogens (primary N) is 1. The standard InChI is InChI=1S/C12H19N3O/c1-8-4-6-11(7-5-8)9(2)14-10(3)12(13)15-16/h4-7,9-10,14,16H,1-3H3,(H2,13,15). The van der Waals surface area contributed by atoms with Crippen LogP contribution in [0.4, 0.5) is 0 Å². The summed E-state index contributed by atoms with van der Waals surface area (Å²) in [5.41, 5.74) is 7.92. The van der Waals surface area contributed by atoms with Gasteiger partial charge >= 0.3 is 0 Å². The van der Waals surface area contributed by atoms with E-state index in [1.54, 1.807) is 0 Å². The van der Waals surface area contributed by atoms with Crippen LogP contribution in [0, 0.1) is 6.92 Å². The number of amidine groups is 1. The van der Waals surface area contributed by atoms with Crippen molar-refractivity contribution < 1.29 is 5.21 Å². The first-order valence-electron chi connectivity index (χ1n) is 5.34. The monoisotopic (exact) mass is 221 g/mol. The molecule has 0 radical (unpaired) electrons. The van der Waals surface area contributed by atoms with Crippen molar-refractivity contribution >= 4 is 5.84 Å². The molecule has 0 amide bonds. The minimum atomic E-state index is -0.152. The van der Waals surface area contributed by atoms with E-state index in [1.165, 1.54) is 11.1 Å². The number of hydrogen-bond acceptors (Lipinski definition) is 3. The zero-order chi connectivity index (χ0) is 12.1. The minimum Gasteiger partial charge on any atom is -0.409 e. The van der Waals surface area contributed by atoms with Crippen LogP contribution in [0.3, 0.4) is 0 Å². The minimum absolute atomic E-state index is 0.152. The van der Waals surface area contributed by atoms with E-state index in [2.05, 4.69) is 41.7 Å². The zero-order valence-corrected chi connectivity index (χ0v) is 9.94. The molecule has 0 aliphatic carbocycles. The zero-order valence-electron chi connectivity index (χ0n) is 9.94. The van der Waals surface area contributed by atoms with E-state index in [9.17, 15) is 0 Å². The van der Waals surface area contributed by atoms with Gasteiger partial charge in [-0.25, -0.2) is 0 Å². The molecule has 0 bridgehead atoms. The normalized spacial score (nSPS) is 15.8. The molecule has 0 saturated carbocycles. The molecule has 1 aromatic carbocycles. The maximum absolute atomic E-state index is 8.55. The summed E-state index contributed by atoms with van der Waals surface area (Å²) < 4.78 is 0. The third-order valence-corrected chi connectivity index (χ3v) is 2.64. The van der Waals surface area contributed by atoms with Gasteiger partial charge in [-0.3, -0.25) is 0 Å². The van der Waals surface area contributed by atoms with E-state index in [0.29, 0.717) is 0 Å². The third-order valence-electron chi connectivity index (χ3n) is 2.64. The van der Waals surface area contributed by atoms with Crippen molar-refractivity contribution in [2.75, 3.05) is 0 Å². The van der Waals surface area contributed by atoms with E-state index in [0.717, 1.165) is 0 Å². The first-order chi connectivity index (χ1) is 7.54. The molecule has 1 rings (SSSR count). The first-order valence-corrected chi connectivity index (χ1v) is 5.34. The molecule has 0 saturated heterocycles. The van der Waals surface area contributed by atoms with Gasteiger partial charge < -0.3 is 16.3 Å². The quantitative estimate of drug-likeness (QED) is 0.314. The molecule has 0 aromatic heterocycles. The summed E-state index contributed by atoms with van der Waals surface area (Å²) in [6.45, 7) is 5.96. The number of aryl methyl sites for hydroxylation is 1. The Morgan fingerprint density at radius 2 is 1.88 bits per heavy atom. The van der Waals surface area contributed by atoms with E-state index >= 15 is 0 Å². The number of benzene rings is 1. The van der Waals surface area contributed by atoms with E-state index in [-0.39, 0.29) is 17.9 Å². The molecular weight excluding hydrogens is 202 g/mol. The number of hydrogen-bond donors (Lipinski definition) is 3. The summed E-state index contributed by atoms with van der Waals surface area (Å²) in [4.78, 5) is 0. The molecule has 0 spiro atoms. The van der Waals surface area contributed by atoms with E-state index in [4.69, 9.17) is 10.9 Å². The summed E-state index contributed by atoms with van der Waals surface area (Å²) in [6, 6.07) is 8.30. The molecule has 4 N–H and O–H groups in total. The molecule has 0 aliphatic heterocycles.